The van der Waals surface area contributed by atoms with Crippen LogP contribution >= 0.6 is 11.8 Å². The number of carboxylic acids is 1. The van der Waals surface area contributed by atoms with Gasteiger partial charge in [-0.05, 0) is 42.7 Å². The first-order chi connectivity index (χ1) is 14.1. The van der Waals surface area contributed by atoms with E-state index in [1.165, 1.54) is 32.4 Å². The predicted molar refractivity (Wildman–Crippen MR) is 122 cm³/mol. The maximum atomic E-state index is 10.7. The second-order valence-corrected chi connectivity index (χ2v) is 8.50. The summed E-state index contributed by atoms with van der Waals surface area (Å²) >= 11 is 1.82. The van der Waals surface area contributed by atoms with Crippen molar-refractivity contribution >= 4 is 34.7 Å². The van der Waals surface area contributed by atoms with Gasteiger partial charge in [-0.3, -0.25) is 4.79 Å². The van der Waals surface area contributed by atoms with Gasteiger partial charge in [-0.2, -0.15) is 0 Å². The van der Waals surface area contributed by atoms with Crippen LogP contribution in [-0.2, 0) is 4.79 Å². The molecule has 29 heavy (non-hydrogen) atoms. The molecule has 0 amide bonds. The van der Waals surface area contributed by atoms with Crippen molar-refractivity contribution in [2.45, 2.75) is 30.6 Å². The SMILES string of the molecule is CN1C(=CC2=CCN(CCCCCC(=O)O)c3ccccc32)Sc2ccccc21. The molecule has 4 rings (SSSR count). The Bertz CT molecular complexity index is 967. The van der Waals surface area contributed by atoms with Crippen molar-refractivity contribution in [2.24, 2.45) is 0 Å². The van der Waals surface area contributed by atoms with Gasteiger partial charge in [0, 0.05) is 42.7 Å². The van der Waals surface area contributed by atoms with Gasteiger partial charge in [-0.15, -0.1) is 0 Å². The van der Waals surface area contributed by atoms with Crippen LogP contribution in [-0.4, -0.2) is 31.2 Å². The lowest BCUT2D eigenvalue weighted by molar-refractivity contribution is -0.137. The smallest absolute Gasteiger partial charge is 0.303 e. The van der Waals surface area contributed by atoms with Crippen molar-refractivity contribution in [1.82, 2.24) is 0 Å². The Morgan fingerprint density at radius 2 is 1.83 bits per heavy atom. The molecule has 2 aliphatic rings. The second-order valence-electron chi connectivity index (χ2n) is 7.44. The third-order valence-electron chi connectivity index (χ3n) is 5.46. The van der Waals surface area contributed by atoms with Gasteiger partial charge in [0.15, 0.2) is 0 Å². The fourth-order valence-electron chi connectivity index (χ4n) is 3.89. The van der Waals surface area contributed by atoms with E-state index >= 15 is 0 Å². The fourth-order valence-corrected chi connectivity index (χ4v) is 5.00. The van der Waals surface area contributed by atoms with E-state index in [1.54, 1.807) is 0 Å². The number of nitrogens with zero attached hydrogens (tertiary/aromatic N) is 2. The van der Waals surface area contributed by atoms with Crippen LogP contribution in [0.2, 0.25) is 0 Å². The zero-order valence-electron chi connectivity index (χ0n) is 16.7. The maximum absolute atomic E-state index is 10.7. The van der Waals surface area contributed by atoms with Gasteiger partial charge in [0.1, 0.15) is 0 Å². The van der Waals surface area contributed by atoms with Crippen LogP contribution in [0.15, 0.2) is 70.6 Å². The summed E-state index contributed by atoms with van der Waals surface area (Å²) < 4.78 is 0. The van der Waals surface area contributed by atoms with Crippen molar-refractivity contribution in [2.75, 3.05) is 29.9 Å². The zero-order valence-corrected chi connectivity index (χ0v) is 17.5. The molecule has 5 heteroatoms. The highest BCUT2D eigenvalue weighted by molar-refractivity contribution is 8.03. The largest absolute Gasteiger partial charge is 0.481 e. The highest BCUT2D eigenvalue weighted by Crippen LogP contribution is 2.46. The third kappa shape index (κ3) is 4.35. The molecule has 2 aliphatic heterocycles. The first-order valence-electron chi connectivity index (χ1n) is 10.1. The first kappa shape index (κ1) is 19.6. The lowest BCUT2D eigenvalue weighted by Gasteiger charge is -2.30. The molecule has 0 bridgehead atoms. The van der Waals surface area contributed by atoms with Gasteiger partial charge in [0.25, 0.3) is 0 Å². The van der Waals surface area contributed by atoms with Gasteiger partial charge in [-0.25, -0.2) is 0 Å². The summed E-state index contributed by atoms with van der Waals surface area (Å²) in [6.45, 7) is 1.84. The average Bonchev–Trinajstić information content (AvgIpc) is 3.04. The number of carboxylic acid groups (broad SMARTS) is 1. The highest BCUT2D eigenvalue weighted by atomic mass is 32.2. The molecule has 0 fully saturated rings. The molecule has 1 N–H and O–H groups in total. The Morgan fingerprint density at radius 3 is 2.62 bits per heavy atom. The molecule has 2 heterocycles. The highest BCUT2D eigenvalue weighted by Gasteiger charge is 2.23. The number of anilines is 2. The van der Waals surface area contributed by atoms with Crippen molar-refractivity contribution < 1.29 is 9.90 Å². The molecular formula is C24H26N2O2S. The molecule has 2 aromatic carbocycles. The topological polar surface area (TPSA) is 43.8 Å². The van der Waals surface area contributed by atoms with Gasteiger partial charge >= 0.3 is 5.97 Å². The van der Waals surface area contributed by atoms with Crippen LogP contribution < -0.4 is 9.80 Å². The van der Waals surface area contributed by atoms with E-state index in [9.17, 15) is 4.79 Å². The summed E-state index contributed by atoms with van der Waals surface area (Å²) in [5, 5.41) is 10.0. The summed E-state index contributed by atoms with van der Waals surface area (Å²) in [7, 11) is 2.13. The van der Waals surface area contributed by atoms with Crippen LogP contribution in [0.5, 0.6) is 0 Å². The Labute approximate surface area is 176 Å². The number of hydrogen-bond acceptors (Lipinski definition) is 4. The minimum absolute atomic E-state index is 0.266. The number of benzene rings is 2. The third-order valence-corrected chi connectivity index (χ3v) is 6.62. The van der Waals surface area contributed by atoms with Crippen molar-refractivity contribution in [3.8, 4) is 0 Å². The summed E-state index contributed by atoms with van der Waals surface area (Å²) in [5.41, 5.74) is 5.06. The van der Waals surface area contributed by atoms with Crippen LogP contribution in [0.3, 0.4) is 0 Å². The van der Waals surface area contributed by atoms with E-state index in [4.69, 9.17) is 5.11 Å². The Balaban J connectivity index is 1.48. The lowest BCUT2D eigenvalue weighted by atomic mass is 9.98. The number of carbonyl (C=O) groups is 1. The number of hydrogen-bond donors (Lipinski definition) is 1. The van der Waals surface area contributed by atoms with Crippen LogP contribution in [0.25, 0.3) is 5.57 Å². The van der Waals surface area contributed by atoms with E-state index in [1.807, 2.05) is 11.8 Å². The minimum atomic E-state index is -0.703. The van der Waals surface area contributed by atoms with E-state index in [0.717, 1.165) is 32.4 Å². The molecular weight excluding hydrogens is 380 g/mol. The van der Waals surface area contributed by atoms with Crippen molar-refractivity contribution in [1.29, 1.82) is 0 Å². The molecule has 0 atom stereocenters. The average molecular weight is 407 g/mol. The second kappa shape index (κ2) is 8.78. The van der Waals surface area contributed by atoms with Gasteiger partial charge in [-0.1, -0.05) is 54.6 Å². The normalized spacial score (nSPS) is 16.6. The molecule has 2 aromatic rings. The number of aliphatic carboxylic acids is 1. The molecule has 0 aliphatic carbocycles. The molecule has 150 valence electrons. The molecule has 0 unspecified atom stereocenters. The van der Waals surface area contributed by atoms with E-state index < -0.39 is 5.97 Å². The number of allylic oxidation sites excluding steroid dienone is 2. The predicted octanol–water partition coefficient (Wildman–Crippen LogP) is 5.62. The lowest BCUT2D eigenvalue weighted by Crippen LogP contribution is -2.28. The van der Waals surface area contributed by atoms with Crippen molar-refractivity contribution in [3.63, 3.8) is 0 Å². The number of thioether (sulfide) groups is 1. The van der Waals surface area contributed by atoms with E-state index in [-0.39, 0.29) is 6.42 Å². The first-order valence-corrected chi connectivity index (χ1v) is 10.9. The minimum Gasteiger partial charge on any atom is -0.481 e. The monoisotopic (exact) mass is 406 g/mol. The maximum Gasteiger partial charge on any atom is 0.303 e. The van der Waals surface area contributed by atoms with E-state index in [0.29, 0.717) is 0 Å². The summed E-state index contributed by atoms with van der Waals surface area (Å²) in [5.74, 6) is -0.703. The Hall–Kier alpha value is -2.66. The standard InChI is InChI=1S/C24H26N2O2S/c1-25-21-11-6-7-12-22(21)29-23(25)17-18-14-16-26(15-8-2-3-13-24(27)28)20-10-5-4-9-19(18)20/h4-7,9-12,14,17H,2-3,8,13,15-16H2,1H3,(H,27,28). The van der Waals surface area contributed by atoms with E-state index in [2.05, 4.69) is 77.5 Å². The quantitative estimate of drug-likeness (QED) is 0.605. The Kier molecular flexibility index (Phi) is 5.95. The molecule has 0 saturated carbocycles. The number of rotatable bonds is 7. The van der Waals surface area contributed by atoms with Crippen LogP contribution in [0.1, 0.15) is 31.2 Å². The molecule has 4 nitrogen and oxygen atoms in total. The number of fused-ring (bicyclic) bond motifs is 2. The Morgan fingerprint density at radius 1 is 1.07 bits per heavy atom. The van der Waals surface area contributed by atoms with Gasteiger partial charge in [0.05, 0.1) is 10.7 Å². The van der Waals surface area contributed by atoms with Gasteiger partial charge in [0.2, 0.25) is 0 Å². The van der Waals surface area contributed by atoms with Crippen molar-refractivity contribution in [3.05, 3.63) is 71.3 Å². The van der Waals surface area contributed by atoms with Gasteiger partial charge < -0.3 is 14.9 Å². The molecule has 0 radical (unpaired) electrons. The molecule has 0 spiro atoms. The molecule has 0 aromatic heterocycles. The fraction of sp³-hybridized carbons (Fsp3) is 0.292. The summed E-state index contributed by atoms with van der Waals surface area (Å²) in [4.78, 5) is 16.6. The van der Waals surface area contributed by atoms with Crippen LogP contribution in [0.4, 0.5) is 11.4 Å². The molecule has 0 saturated heterocycles. The van der Waals surface area contributed by atoms with Crippen LogP contribution in [0, 0.1) is 0 Å². The zero-order chi connectivity index (χ0) is 20.2. The summed E-state index contributed by atoms with van der Waals surface area (Å²) in [6, 6.07) is 17.1. The summed E-state index contributed by atoms with van der Waals surface area (Å²) in [6.07, 6.45) is 7.59. The number of unbranched alkanes of at least 4 members (excludes halogenated alkanes) is 2. The number of para-hydroxylation sites is 2.